The lowest BCUT2D eigenvalue weighted by Crippen LogP contribution is -2.17. The van der Waals surface area contributed by atoms with Gasteiger partial charge in [0.15, 0.2) is 0 Å². The van der Waals surface area contributed by atoms with Crippen molar-refractivity contribution in [3.8, 4) is 5.75 Å². The second-order valence-electron chi connectivity index (χ2n) is 8.63. The molecule has 5 heteroatoms. The Balaban J connectivity index is 1.48. The first kappa shape index (κ1) is 20.2. The van der Waals surface area contributed by atoms with Crippen LogP contribution in [0.25, 0.3) is 10.9 Å². The summed E-state index contributed by atoms with van der Waals surface area (Å²) >= 11 is 0. The summed E-state index contributed by atoms with van der Waals surface area (Å²) in [5.74, 6) is 1.66. The summed E-state index contributed by atoms with van der Waals surface area (Å²) in [4.78, 5) is 16.2. The summed E-state index contributed by atoms with van der Waals surface area (Å²) in [6.45, 7) is 7.14. The third-order valence-electron chi connectivity index (χ3n) is 5.56. The third kappa shape index (κ3) is 4.40. The van der Waals surface area contributed by atoms with Gasteiger partial charge in [-0.2, -0.15) is 5.10 Å². The average Bonchev–Trinajstić information content (AvgIpc) is 3.10. The zero-order valence-corrected chi connectivity index (χ0v) is 17.9. The molecule has 0 fully saturated rings. The summed E-state index contributed by atoms with van der Waals surface area (Å²) in [6.07, 6.45) is 4.98. The Morgan fingerprint density at radius 3 is 2.97 bits per heavy atom. The number of H-pyrrole nitrogens is 1. The van der Waals surface area contributed by atoms with Gasteiger partial charge in [0.25, 0.3) is 5.91 Å². The molecule has 1 aliphatic carbocycles. The van der Waals surface area contributed by atoms with Crippen molar-refractivity contribution in [2.75, 3.05) is 6.61 Å². The van der Waals surface area contributed by atoms with E-state index in [0.29, 0.717) is 24.0 Å². The molecule has 1 aliphatic rings. The standard InChI is InChI=1S/C25H29N3O2/c1-16(2)15-30-24-7-5-4-6-19(24)14-26-28-25(29)18-9-11-23-21(13-18)20-12-17(3)8-10-22(20)27-23/h4-7,9,11,13-14,16-17,27H,8,10,12,15H2,1-3H3,(H,28,29)/b26-14-. The number of fused-ring (bicyclic) bond motifs is 3. The van der Waals surface area contributed by atoms with Gasteiger partial charge in [-0.25, -0.2) is 5.43 Å². The van der Waals surface area contributed by atoms with Gasteiger partial charge in [-0.15, -0.1) is 0 Å². The molecule has 3 aromatic rings. The van der Waals surface area contributed by atoms with Gasteiger partial charge >= 0.3 is 0 Å². The maximum Gasteiger partial charge on any atom is 0.271 e. The minimum absolute atomic E-state index is 0.215. The van der Waals surface area contributed by atoms with E-state index in [-0.39, 0.29) is 5.91 Å². The summed E-state index contributed by atoms with van der Waals surface area (Å²) in [5.41, 5.74) is 7.88. The number of aryl methyl sites for hydroxylation is 1. The number of amides is 1. The lowest BCUT2D eigenvalue weighted by atomic mass is 9.87. The number of nitrogens with zero attached hydrogens (tertiary/aromatic N) is 1. The first-order chi connectivity index (χ1) is 14.5. The number of para-hydroxylation sites is 1. The fourth-order valence-electron chi connectivity index (χ4n) is 3.93. The molecule has 4 rings (SSSR count). The first-order valence-corrected chi connectivity index (χ1v) is 10.7. The first-order valence-electron chi connectivity index (χ1n) is 10.7. The fourth-order valence-corrected chi connectivity index (χ4v) is 3.93. The van der Waals surface area contributed by atoms with Gasteiger partial charge in [-0.3, -0.25) is 4.79 Å². The van der Waals surface area contributed by atoms with E-state index in [4.69, 9.17) is 4.74 Å². The van der Waals surface area contributed by atoms with E-state index in [1.807, 2.05) is 42.5 Å². The summed E-state index contributed by atoms with van der Waals surface area (Å²) in [7, 11) is 0. The number of benzene rings is 2. The number of aromatic amines is 1. The Hall–Kier alpha value is -3.08. The average molecular weight is 404 g/mol. The Kier molecular flexibility index (Phi) is 5.88. The van der Waals surface area contributed by atoms with Gasteiger partial charge in [0.2, 0.25) is 0 Å². The molecule has 0 radical (unpaired) electrons. The highest BCUT2D eigenvalue weighted by molar-refractivity contribution is 5.99. The van der Waals surface area contributed by atoms with Crippen molar-refractivity contribution >= 4 is 23.0 Å². The molecule has 1 unspecified atom stereocenters. The molecule has 156 valence electrons. The number of hydrogen-bond donors (Lipinski definition) is 2. The van der Waals surface area contributed by atoms with Crippen molar-refractivity contribution < 1.29 is 9.53 Å². The maximum atomic E-state index is 12.7. The zero-order chi connectivity index (χ0) is 21.1. The van der Waals surface area contributed by atoms with Crippen molar-refractivity contribution in [1.82, 2.24) is 10.4 Å². The molecule has 1 atom stereocenters. The van der Waals surface area contributed by atoms with E-state index in [2.05, 4.69) is 36.3 Å². The molecule has 0 aliphatic heterocycles. The summed E-state index contributed by atoms with van der Waals surface area (Å²) < 4.78 is 5.83. The van der Waals surface area contributed by atoms with Crippen LogP contribution in [-0.2, 0) is 12.8 Å². The minimum atomic E-state index is -0.215. The normalized spacial score (nSPS) is 16.2. The van der Waals surface area contributed by atoms with E-state index in [1.165, 1.54) is 17.7 Å². The van der Waals surface area contributed by atoms with Gasteiger partial charge < -0.3 is 9.72 Å². The van der Waals surface area contributed by atoms with Gasteiger partial charge in [-0.05, 0) is 67.0 Å². The van der Waals surface area contributed by atoms with Crippen LogP contribution in [0, 0.1) is 11.8 Å². The summed E-state index contributed by atoms with van der Waals surface area (Å²) in [6, 6.07) is 13.5. The van der Waals surface area contributed by atoms with Crippen LogP contribution in [0.3, 0.4) is 0 Å². The van der Waals surface area contributed by atoms with Gasteiger partial charge in [0, 0.05) is 27.7 Å². The predicted octanol–water partition coefficient (Wildman–Crippen LogP) is 5.09. The number of hydrazone groups is 1. The zero-order valence-electron chi connectivity index (χ0n) is 17.9. The van der Waals surface area contributed by atoms with Gasteiger partial charge in [-0.1, -0.05) is 32.9 Å². The smallest absolute Gasteiger partial charge is 0.271 e. The van der Waals surface area contributed by atoms with Crippen LogP contribution >= 0.6 is 0 Å². The number of aromatic nitrogens is 1. The molecular formula is C25H29N3O2. The highest BCUT2D eigenvalue weighted by atomic mass is 16.5. The van der Waals surface area contributed by atoms with Crippen molar-refractivity contribution in [2.45, 2.75) is 40.0 Å². The largest absolute Gasteiger partial charge is 0.493 e. The van der Waals surface area contributed by atoms with Crippen molar-refractivity contribution in [1.29, 1.82) is 0 Å². The highest BCUT2D eigenvalue weighted by Gasteiger charge is 2.20. The number of nitrogens with one attached hydrogen (secondary N) is 2. The Morgan fingerprint density at radius 2 is 2.13 bits per heavy atom. The molecule has 2 aromatic carbocycles. The SMILES string of the molecule is CC(C)COc1ccccc1/C=N\NC(=O)c1ccc2[nH]c3c(c2c1)CC(C)CC3. The summed E-state index contributed by atoms with van der Waals surface area (Å²) in [5, 5.41) is 5.31. The molecule has 0 saturated carbocycles. The van der Waals surface area contributed by atoms with E-state index >= 15 is 0 Å². The Labute approximate surface area is 177 Å². The van der Waals surface area contributed by atoms with Crippen molar-refractivity contribution in [3.63, 3.8) is 0 Å². The number of ether oxygens (including phenoxy) is 1. The molecule has 0 spiro atoms. The van der Waals surface area contributed by atoms with Crippen molar-refractivity contribution in [3.05, 3.63) is 64.8 Å². The Bertz CT molecular complexity index is 1080. The molecule has 0 saturated heterocycles. The predicted molar refractivity (Wildman–Crippen MR) is 121 cm³/mol. The molecular weight excluding hydrogens is 374 g/mol. The van der Waals surface area contributed by atoms with Crippen LogP contribution in [0.4, 0.5) is 0 Å². The molecule has 5 nitrogen and oxygen atoms in total. The number of carbonyl (C=O) groups excluding carboxylic acids is 1. The maximum absolute atomic E-state index is 12.7. The van der Waals surface area contributed by atoms with Crippen LogP contribution in [0.5, 0.6) is 5.75 Å². The van der Waals surface area contributed by atoms with Gasteiger partial charge in [0.05, 0.1) is 12.8 Å². The number of hydrogen-bond acceptors (Lipinski definition) is 3. The number of rotatable bonds is 6. The van der Waals surface area contributed by atoms with Crippen LogP contribution < -0.4 is 10.2 Å². The molecule has 0 bridgehead atoms. The quantitative estimate of drug-likeness (QED) is 0.445. The lowest BCUT2D eigenvalue weighted by Gasteiger charge is -2.18. The van der Waals surface area contributed by atoms with Crippen LogP contribution in [0.2, 0.25) is 0 Å². The number of carbonyl (C=O) groups is 1. The Morgan fingerprint density at radius 1 is 1.30 bits per heavy atom. The van der Waals surface area contributed by atoms with Crippen LogP contribution in [0.1, 0.15) is 54.4 Å². The van der Waals surface area contributed by atoms with E-state index in [1.54, 1.807) is 6.21 Å². The molecule has 1 aromatic heterocycles. The second-order valence-corrected chi connectivity index (χ2v) is 8.63. The van der Waals surface area contributed by atoms with E-state index < -0.39 is 0 Å². The third-order valence-corrected chi connectivity index (χ3v) is 5.56. The van der Waals surface area contributed by atoms with Crippen LogP contribution in [-0.4, -0.2) is 23.7 Å². The minimum Gasteiger partial charge on any atom is -0.493 e. The molecule has 30 heavy (non-hydrogen) atoms. The van der Waals surface area contributed by atoms with E-state index in [9.17, 15) is 4.79 Å². The molecule has 1 amide bonds. The van der Waals surface area contributed by atoms with Gasteiger partial charge in [0.1, 0.15) is 5.75 Å². The monoisotopic (exact) mass is 403 g/mol. The molecule has 1 heterocycles. The lowest BCUT2D eigenvalue weighted by molar-refractivity contribution is 0.0955. The second kappa shape index (κ2) is 8.74. The van der Waals surface area contributed by atoms with E-state index in [0.717, 1.165) is 35.1 Å². The molecule has 2 N–H and O–H groups in total. The highest BCUT2D eigenvalue weighted by Crippen LogP contribution is 2.32. The fraction of sp³-hybridized carbons (Fsp3) is 0.360. The topological polar surface area (TPSA) is 66.5 Å². The van der Waals surface area contributed by atoms with Crippen LogP contribution in [0.15, 0.2) is 47.6 Å². The van der Waals surface area contributed by atoms with Crippen molar-refractivity contribution in [2.24, 2.45) is 16.9 Å².